The summed E-state index contributed by atoms with van der Waals surface area (Å²) in [5.41, 5.74) is 1.16. The van der Waals surface area contributed by atoms with Gasteiger partial charge >= 0.3 is 0 Å². The van der Waals surface area contributed by atoms with Gasteiger partial charge in [-0.1, -0.05) is 18.6 Å². The summed E-state index contributed by atoms with van der Waals surface area (Å²) in [5.74, 6) is 1.14. The lowest BCUT2D eigenvalue weighted by atomic mass is 9.94. The van der Waals surface area contributed by atoms with Gasteiger partial charge in [-0.25, -0.2) is 4.39 Å². The smallest absolute Gasteiger partial charge is 0.222 e. The number of carbonyl (C=O) groups excluding carboxylic acids is 1. The first kappa shape index (κ1) is 13.6. The van der Waals surface area contributed by atoms with Crippen LogP contribution in [0, 0.1) is 11.7 Å². The molecule has 0 bridgehead atoms. The van der Waals surface area contributed by atoms with Gasteiger partial charge in [0, 0.05) is 25.4 Å². The summed E-state index contributed by atoms with van der Waals surface area (Å²) in [6.07, 6.45) is 6.51. The van der Waals surface area contributed by atoms with Gasteiger partial charge in [0.1, 0.15) is 5.82 Å². The molecule has 108 valence electrons. The summed E-state index contributed by atoms with van der Waals surface area (Å²) < 4.78 is 13.0. The van der Waals surface area contributed by atoms with Gasteiger partial charge in [0.05, 0.1) is 0 Å². The van der Waals surface area contributed by atoms with Crippen LogP contribution in [0.4, 0.5) is 4.39 Å². The van der Waals surface area contributed by atoms with Gasteiger partial charge in [0.2, 0.25) is 5.91 Å². The molecular formula is C17H22FNO. The highest BCUT2D eigenvalue weighted by molar-refractivity contribution is 5.76. The minimum atomic E-state index is -0.191. The highest BCUT2D eigenvalue weighted by atomic mass is 19.1. The Morgan fingerprint density at radius 1 is 1.15 bits per heavy atom. The summed E-state index contributed by atoms with van der Waals surface area (Å²) in [4.78, 5) is 14.3. The van der Waals surface area contributed by atoms with Crippen molar-refractivity contribution in [1.82, 2.24) is 4.90 Å². The second kappa shape index (κ2) is 5.94. The van der Waals surface area contributed by atoms with Crippen molar-refractivity contribution in [2.24, 2.45) is 5.92 Å². The average molecular weight is 275 g/mol. The summed E-state index contributed by atoms with van der Waals surface area (Å²) in [7, 11) is 0. The van der Waals surface area contributed by atoms with Crippen LogP contribution in [0.25, 0.3) is 0 Å². The number of nitrogens with zero attached hydrogens (tertiary/aromatic N) is 1. The molecule has 1 aliphatic carbocycles. The Hall–Kier alpha value is -1.38. The summed E-state index contributed by atoms with van der Waals surface area (Å²) in [6.45, 7) is 1.69. The second-order valence-electron chi connectivity index (χ2n) is 6.23. The number of halogens is 1. The maximum Gasteiger partial charge on any atom is 0.222 e. The van der Waals surface area contributed by atoms with Crippen LogP contribution in [0.5, 0.6) is 0 Å². The van der Waals surface area contributed by atoms with Crippen molar-refractivity contribution in [3.63, 3.8) is 0 Å². The monoisotopic (exact) mass is 275 g/mol. The van der Waals surface area contributed by atoms with Crippen molar-refractivity contribution in [3.05, 3.63) is 35.6 Å². The molecule has 1 heterocycles. The SMILES string of the molecule is O=C(CC1CC1)N1CCCCC(c2ccc(F)cc2)C1. The molecular weight excluding hydrogens is 253 g/mol. The molecule has 1 aromatic rings. The molecule has 1 unspecified atom stereocenters. The third-order valence-electron chi connectivity index (χ3n) is 4.53. The number of benzene rings is 1. The Kier molecular flexibility index (Phi) is 4.04. The van der Waals surface area contributed by atoms with E-state index < -0.39 is 0 Å². The highest BCUT2D eigenvalue weighted by Gasteiger charge is 2.29. The van der Waals surface area contributed by atoms with Crippen LogP contribution in [-0.2, 0) is 4.79 Å². The van der Waals surface area contributed by atoms with Gasteiger partial charge in [0.25, 0.3) is 0 Å². The standard InChI is InChI=1S/C17H22FNO/c18-16-8-6-14(7-9-16)15-3-1-2-10-19(12-15)17(20)11-13-4-5-13/h6-9,13,15H,1-5,10-12H2. The van der Waals surface area contributed by atoms with E-state index in [0.29, 0.717) is 17.7 Å². The third-order valence-corrected chi connectivity index (χ3v) is 4.53. The predicted molar refractivity (Wildman–Crippen MR) is 76.9 cm³/mol. The molecule has 3 heteroatoms. The Morgan fingerprint density at radius 2 is 1.90 bits per heavy atom. The van der Waals surface area contributed by atoms with Crippen LogP contribution >= 0.6 is 0 Å². The fourth-order valence-corrected chi connectivity index (χ4v) is 3.07. The van der Waals surface area contributed by atoms with E-state index in [1.54, 1.807) is 0 Å². The number of rotatable bonds is 3. The fraction of sp³-hybridized carbons (Fsp3) is 0.588. The van der Waals surface area contributed by atoms with Crippen molar-refractivity contribution in [2.75, 3.05) is 13.1 Å². The quantitative estimate of drug-likeness (QED) is 0.823. The number of amides is 1. The maximum atomic E-state index is 13.0. The molecule has 1 amide bonds. The molecule has 0 N–H and O–H groups in total. The number of likely N-dealkylation sites (tertiary alicyclic amines) is 1. The van der Waals surface area contributed by atoms with Gasteiger partial charge in [0.15, 0.2) is 0 Å². The van der Waals surface area contributed by atoms with Gasteiger partial charge in [-0.15, -0.1) is 0 Å². The maximum absolute atomic E-state index is 13.0. The molecule has 1 saturated heterocycles. The van der Waals surface area contributed by atoms with Gasteiger partial charge in [-0.05, 0) is 49.3 Å². The molecule has 1 saturated carbocycles. The molecule has 3 rings (SSSR count). The molecule has 0 radical (unpaired) electrons. The van der Waals surface area contributed by atoms with Crippen LogP contribution < -0.4 is 0 Å². The zero-order valence-electron chi connectivity index (χ0n) is 11.9. The Morgan fingerprint density at radius 3 is 2.60 bits per heavy atom. The van der Waals surface area contributed by atoms with Crippen LogP contribution in [0.15, 0.2) is 24.3 Å². The molecule has 20 heavy (non-hydrogen) atoms. The first-order valence-corrected chi connectivity index (χ1v) is 7.75. The number of hydrogen-bond donors (Lipinski definition) is 0. The summed E-state index contributed by atoms with van der Waals surface area (Å²) >= 11 is 0. The lowest BCUT2D eigenvalue weighted by Gasteiger charge is -2.25. The lowest BCUT2D eigenvalue weighted by Crippen LogP contribution is -2.34. The molecule has 1 aliphatic heterocycles. The van der Waals surface area contributed by atoms with Gasteiger partial charge < -0.3 is 4.90 Å². The zero-order valence-corrected chi connectivity index (χ0v) is 11.9. The van der Waals surface area contributed by atoms with E-state index in [0.717, 1.165) is 44.3 Å². The topological polar surface area (TPSA) is 20.3 Å². The summed E-state index contributed by atoms with van der Waals surface area (Å²) in [5, 5.41) is 0. The van der Waals surface area contributed by atoms with E-state index in [-0.39, 0.29) is 5.82 Å². The summed E-state index contributed by atoms with van der Waals surface area (Å²) in [6, 6.07) is 6.79. The van der Waals surface area contributed by atoms with Crippen molar-refractivity contribution >= 4 is 5.91 Å². The fourth-order valence-electron chi connectivity index (χ4n) is 3.07. The molecule has 0 aromatic heterocycles. The van der Waals surface area contributed by atoms with Crippen LogP contribution in [-0.4, -0.2) is 23.9 Å². The van der Waals surface area contributed by atoms with Crippen molar-refractivity contribution < 1.29 is 9.18 Å². The molecule has 2 nitrogen and oxygen atoms in total. The van der Waals surface area contributed by atoms with Crippen LogP contribution in [0.3, 0.4) is 0 Å². The minimum absolute atomic E-state index is 0.191. The van der Waals surface area contributed by atoms with E-state index in [1.165, 1.54) is 25.0 Å². The van der Waals surface area contributed by atoms with E-state index in [2.05, 4.69) is 0 Å². The largest absolute Gasteiger partial charge is 0.342 e. The molecule has 0 spiro atoms. The van der Waals surface area contributed by atoms with Crippen molar-refractivity contribution in [2.45, 2.75) is 44.4 Å². The minimum Gasteiger partial charge on any atom is -0.342 e. The Bertz CT molecular complexity index is 466. The average Bonchev–Trinajstić information content (AvgIpc) is 3.25. The molecule has 2 aliphatic rings. The van der Waals surface area contributed by atoms with E-state index >= 15 is 0 Å². The number of carbonyl (C=O) groups is 1. The second-order valence-corrected chi connectivity index (χ2v) is 6.23. The normalized spacial score (nSPS) is 23.4. The van der Waals surface area contributed by atoms with Crippen LogP contribution in [0.1, 0.15) is 50.0 Å². The molecule has 2 fully saturated rings. The van der Waals surface area contributed by atoms with Crippen LogP contribution in [0.2, 0.25) is 0 Å². The van der Waals surface area contributed by atoms with E-state index in [9.17, 15) is 9.18 Å². The predicted octanol–water partition coefficient (Wildman–Crippen LogP) is 3.72. The van der Waals surface area contributed by atoms with Gasteiger partial charge in [-0.3, -0.25) is 4.79 Å². The van der Waals surface area contributed by atoms with Crippen molar-refractivity contribution in [1.29, 1.82) is 0 Å². The third kappa shape index (κ3) is 3.38. The number of hydrogen-bond acceptors (Lipinski definition) is 1. The van der Waals surface area contributed by atoms with Gasteiger partial charge in [-0.2, -0.15) is 0 Å². The Labute approximate surface area is 120 Å². The highest BCUT2D eigenvalue weighted by Crippen LogP contribution is 2.34. The Balaban J connectivity index is 1.67. The first-order valence-electron chi connectivity index (χ1n) is 7.75. The first-order chi connectivity index (χ1) is 9.72. The molecule has 1 aromatic carbocycles. The molecule has 1 atom stereocenters. The van der Waals surface area contributed by atoms with Crippen molar-refractivity contribution in [3.8, 4) is 0 Å². The van der Waals surface area contributed by atoms with E-state index in [4.69, 9.17) is 0 Å². The zero-order chi connectivity index (χ0) is 13.9. The van der Waals surface area contributed by atoms with E-state index in [1.807, 2.05) is 17.0 Å². The lowest BCUT2D eigenvalue weighted by molar-refractivity contribution is -0.131.